The van der Waals surface area contributed by atoms with Crippen LogP contribution in [-0.4, -0.2) is 23.9 Å². The zero-order chi connectivity index (χ0) is 18.5. The summed E-state index contributed by atoms with van der Waals surface area (Å²) in [6, 6.07) is 10.4. The van der Waals surface area contributed by atoms with Gasteiger partial charge in [-0.3, -0.25) is 0 Å². The van der Waals surface area contributed by atoms with Gasteiger partial charge in [0.15, 0.2) is 11.5 Å². The van der Waals surface area contributed by atoms with Crippen LogP contribution in [0.15, 0.2) is 52.1 Å². The van der Waals surface area contributed by atoms with Gasteiger partial charge in [0, 0.05) is 11.3 Å². The number of methoxy groups -OCH3 is 1. The molecule has 26 heavy (non-hydrogen) atoms. The zero-order valence-electron chi connectivity index (χ0n) is 13.5. The van der Waals surface area contributed by atoms with Crippen LogP contribution in [0.1, 0.15) is 5.56 Å². The van der Waals surface area contributed by atoms with E-state index in [4.69, 9.17) is 9.15 Å². The number of benzene rings is 2. The topological polar surface area (TPSA) is 57.4 Å². The Morgan fingerprint density at radius 2 is 1.85 bits per heavy atom. The third-order valence-corrected chi connectivity index (χ3v) is 4.19. The minimum absolute atomic E-state index is 0.0346. The lowest BCUT2D eigenvalue weighted by molar-refractivity contribution is -0.0512. The SMILES string of the molecule is COc1cc(CSc2nnc(-c3ccc(F)cc3)o2)ccc1OC(F)F. The van der Waals surface area contributed by atoms with Crippen LogP contribution in [0, 0.1) is 5.82 Å². The number of halogens is 3. The summed E-state index contributed by atoms with van der Waals surface area (Å²) < 4.78 is 52.6. The quantitative estimate of drug-likeness (QED) is 0.548. The Bertz CT molecular complexity index is 872. The van der Waals surface area contributed by atoms with Gasteiger partial charge in [0.05, 0.1) is 7.11 Å². The van der Waals surface area contributed by atoms with E-state index in [0.29, 0.717) is 16.5 Å². The molecule has 0 fully saturated rings. The monoisotopic (exact) mass is 382 g/mol. The summed E-state index contributed by atoms with van der Waals surface area (Å²) in [5.74, 6) is 0.562. The Balaban J connectivity index is 1.66. The summed E-state index contributed by atoms with van der Waals surface area (Å²) in [7, 11) is 1.37. The average Bonchev–Trinajstić information content (AvgIpc) is 3.10. The van der Waals surface area contributed by atoms with Gasteiger partial charge in [0.1, 0.15) is 5.82 Å². The predicted molar refractivity (Wildman–Crippen MR) is 88.9 cm³/mol. The molecule has 136 valence electrons. The van der Waals surface area contributed by atoms with Crippen molar-refractivity contribution in [1.29, 1.82) is 0 Å². The van der Waals surface area contributed by atoms with Crippen LogP contribution >= 0.6 is 11.8 Å². The fourth-order valence-electron chi connectivity index (χ4n) is 2.12. The Labute approximate surface area is 151 Å². The van der Waals surface area contributed by atoms with Gasteiger partial charge >= 0.3 is 6.61 Å². The maximum Gasteiger partial charge on any atom is 0.387 e. The maximum atomic E-state index is 12.9. The molecule has 3 aromatic rings. The number of alkyl halides is 2. The predicted octanol–water partition coefficient (Wildman–Crippen LogP) is 4.78. The van der Waals surface area contributed by atoms with Crippen molar-refractivity contribution in [2.24, 2.45) is 0 Å². The molecule has 0 atom stereocenters. The van der Waals surface area contributed by atoms with Crippen molar-refractivity contribution in [3.63, 3.8) is 0 Å². The van der Waals surface area contributed by atoms with E-state index >= 15 is 0 Å². The van der Waals surface area contributed by atoms with Crippen molar-refractivity contribution >= 4 is 11.8 Å². The number of nitrogens with zero attached hydrogens (tertiary/aromatic N) is 2. The second-order valence-electron chi connectivity index (χ2n) is 5.03. The molecule has 0 spiro atoms. The fourth-order valence-corrected chi connectivity index (χ4v) is 2.82. The first kappa shape index (κ1) is 18.1. The first-order valence-corrected chi connectivity index (χ1v) is 8.37. The molecule has 0 aliphatic rings. The minimum atomic E-state index is -2.92. The molecule has 0 bridgehead atoms. The standard InChI is InChI=1S/C17H13F3N2O3S/c1-23-14-8-10(2-7-13(14)24-16(19)20)9-26-17-22-21-15(25-17)11-3-5-12(18)6-4-11/h2-8,16H,9H2,1H3. The van der Waals surface area contributed by atoms with E-state index in [9.17, 15) is 13.2 Å². The molecule has 0 aliphatic heterocycles. The Kier molecular flexibility index (Phi) is 5.67. The van der Waals surface area contributed by atoms with Gasteiger partial charge in [-0.1, -0.05) is 17.8 Å². The van der Waals surface area contributed by atoms with Crippen LogP contribution in [0.3, 0.4) is 0 Å². The Morgan fingerprint density at radius 1 is 1.08 bits per heavy atom. The van der Waals surface area contributed by atoms with Crippen LogP contribution < -0.4 is 9.47 Å². The van der Waals surface area contributed by atoms with E-state index < -0.39 is 6.61 Å². The Morgan fingerprint density at radius 3 is 2.54 bits per heavy atom. The molecule has 1 aromatic heterocycles. The first-order valence-electron chi connectivity index (χ1n) is 7.39. The third-order valence-electron chi connectivity index (χ3n) is 3.30. The first-order chi connectivity index (χ1) is 12.5. The number of aromatic nitrogens is 2. The molecular weight excluding hydrogens is 369 g/mol. The molecule has 5 nitrogen and oxygen atoms in total. The zero-order valence-corrected chi connectivity index (χ0v) is 14.3. The van der Waals surface area contributed by atoms with Gasteiger partial charge < -0.3 is 13.9 Å². The van der Waals surface area contributed by atoms with Crippen molar-refractivity contribution in [2.45, 2.75) is 17.6 Å². The van der Waals surface area contributed by atoms with Crippen LogP contribution in [0.5, 0.6) is 11.5 Å². The van der Waals surface area contributed by atoms with E-state index in [-0.39, 0.29) is 23.2 Å². The van der Waals surface area contributed by atoms with Crippen molar-refractivity contribution in [2.75, 3.05) is 7.11 Å². The normalized spacial score (nSPS) is 11.0. The van der Waals surface area contributed by atoms with Crippen molar-refractivity contribution in [3.05, 3.63) is 53.8 Å². The highest BCUT2D eigenvalue weighted by Gasteiger charge is 2.13. The largest absolute Gasteiger partial charge is 0.493 e. The van der Waals surface area contributed by atoms with Crippen LogP contribution in [0.2, 0.25) is 0 Å². The van der Waals surface area contributed by atoms with Crippen molar-refractivity contribution < 1.29 is 27.1 Å². The van der Waals surface area contributed by atoms with Gasteiger partial charge in [0.25, 0.3) is 5.22 Å². The molecule has 9 heteroatoms. The summed E-state index contributed by atoms with van der Waals surface area (Å²) in [5, 5.41) is 8.18. The highest BCUT2D eigenvalue weighted by molar-refractivity contribution is 7.98. The van der Waals surface area contributed by atoms with Gasteiger partial charge in [-0.05, 0) is 42.0 Å². The number of rotatable bonds is 7. The lowest BCUT2D eigenvalue weighted by Gasteiger charge is -2.10. The summed E-state index contributed by atoms with van der Waals surface area (Å²) in [6.07, 6.45) is 0. The Hall–Kier alpha value is -2.68. The molecular formula is C17H13F3N2O3S. The summed E-state index contributed by atoms with van der Waals surface area (Å²) in [4.78, 5) is 0. The molecule has 2 aromatic carbocycles. The van der Waals surface area contributed by atoms with Gasteiger partial charge in [-0.2, -0.15) is 8.78 Å². The molecule has 3 rings (SSSR count). The van der Waals surface area contributed by atoms with Crippen molar-refractivity contribution in [1.82, 2.24) is 10.2 Å². The third kappa shape index (κ3) is 4.48. The second-order valence-corrected chi connectivity index (χ2v) is 5.96. The molecule has 1 heterocycles. The molecule has 0 N–H and O–H groups in total. The van der Waals surface area contributed by atoms with Crippen molar-refractivity contribution in [3.8, 4) is 23.0 Å². The molecule has 0 radical (unpaired) electrons. The molecule has 0 saturated heterocycles. The number of thioether (sulfide) groups is 1. The number of hydrogen-bond acceptors (Lipinski definition) is 6. The fraction of sp³-hybridized carbons (Fsp3) is 0.176. The second kappa shape index (κ2) is 8.13. The molecule has 0 saturated carbocycles. The van der Waals surface area contributed by atoms with Crippen LogP contribution in [-0.2, 0) is 5.75 Å². The minimum Gasteiger partial charge on any atom is -0.493 e. The summed E-state index contributed by atoms with van der Waals surface area (Å²) in [6.45, 7) is -2.92. The molecule has 0 aliphatic carbocycles. The van der Waals surface area contributed by atoms with E-state index in [1.54, 1.807) is 24.3 Å². The average molecular weight is 382 g/mol. The lowest BCUT2D eigenvalue weighted by atomic mass is 10.2. The van der Waals surface area contributed by atoms with E-state index in [2.05, 4.69) is 14.9 Å². The highest BCUT2D eigenvalue weighted by Crippen LogP contribution is 2.32. The van der Waals surface area contributed by atoms with Gasteiger partial charge in [-0.15, -0.1) is 10.2 Å². The van der Waals surface area contributed by atoms with E-state index in [1.165, 1.54) is 37.1 Å². The van der Waals surface area contributed by atoms with Crippen LogP contribution in [0.4, 0.5) is 13.2 Å². The number of ether oxygens (including phenoxy) is 2. The summed E-state index contributed by atoms with van der Waals surface area (Å²) >= 11 is 1.27. The lowest BCUT2D eigenvalue weighted by Crippen LogP contribution is -2.03. The smallest absolute Gasteiger partial charge is 0.387 e. The maximum absolute atomic E-state index is 12.9. The van der Waals surface area contributed by atoms with Gasteiger partial charge in [-0.25, -0.2) is 4.39 Å². The molecule has 0 unspecified atom stereocenters. The number of hydrogen-bond donors (Lipinski definition) is 0. The van der Waals surface area contributed by atoms with Gasteiger partial charge in [0.2, 0.25) is 5.89 Å². The van der Waals surface area contributed by atoms with E-state index in [1.807, 2.05) is 0 Å². The summed E-state index contributed by atoms with van der Waals surface area (Å²) in [5.41, 5.74) is 1.41. The highest BCUT2D eigenvalue weighted by atomic mass is 32.2. The molecule has 0 amide bonds. The van der Waals surface area contributed by atoms with Crippen LogP contribution in [0.25, 0.3) is 11.5 Å². The van der Waals surface area contributed by atoms with E-state index in [0.717, 1.165) is 5.56 Å².